The van der Waals surface area contributed by atoms with Crippen LogP contribution >= 0.6 is 0 Å². The van der Waals surface area contributed by atoms with Crippen molar-refractivity contribution in [2.45, 2.75) is 31.7 Å². The highest BCUT2D eigenvalue weighted by Gasteiger charge is 2.53. The van der Waals surface area contributed by atoms with Crippen molar-refractivity contribution in [2.75, 3.05) is 0 Å². The molecule has 1 heterocycles. The van der Waals surface area contributed by atoms with Crippen molar-refractivity contribution in [3.05, 3.63) is 41.7 Å². The molecule has 1 aromatic heterocycles. The lowest BCUT2D eigenvalue weighted by molar-refractivity contribution is 0.254. The number of hydrogen-bond acceptors (Lipinski definition) is 2. The third-order valence-corrected chi connectivity index (χ3v) is 5.51. The summed E-state index contributed by atoms with van der Waals surface area (Å²) in [6.45, 7) is 0.626. The Hall–Kier alpha value is -1.15. The minimum atomic E-state index is 0.626. The molecule has 2 heteroatoms. The molecule has 2 N–H and O–H groups in total. The van der Waals surface area contributed by atoms with Gasteiger partial charge in [-0.05, 0) is 54.6 Å². The van der Waals surface area contributed by atoms with Crippen molar-refractivity contribution in [1.82, 2.24) is 4.98 Å². The SMILES string of the molecule is NCc1cccnc1C1CC2CC1C1C=CCC21. The third kappa shape index (κ3) is 1.36. The standard InChI is InChI=1S/C16H20N2/c17-9-10-3-2-6-18-16(10)15-8-11-7-14(15)13-5-1-4-12(11)13/h1-3,5-6,11-15H,4,7-9,17H2. The predicted octanol–water partition coefficient (Wildman–Crippen LogP) is 2.86. The summed E-state index contributed by atoms with van der Waals surface area (Å²) in [5.41, 5.74) is 8.42. The van der Waals surface area contributed by atoms with Gasteiger partial charge in [-0.15, -0.1) is 0 Å². The number of rotatable bonds is 2. The topological polar surface area (TPSA) is 38.9 Å². The summed E-state index contributed by atoms with van der Waals surface area (Å²) in [6, 6.07) is 4.16. The second kappa shape index (κ2) is 3.92. The van der Waals surface area contributed by atoms with Crippen LogP contribution in [0.3, 0.4) is 0 Å². The van der Waals surface area contributed by atoms with E-state index in [1.54, 1.807) is 0 Å². The Morgan fingerprint density at radius 2 is 2.22 bits per heavy atom. The molecule has 3 aliphatic carbocycles. The average molecular weight is 240 g/mol. The fourth-order valence-electron chi connectivity index (χ4n) is 4.82. The van der Waals surface area contributed by atoms with E-state index in [4.69, 9.17) is 5.73 Å². The van der Waals surface area contributed by atoms with Gasteiger partial charge in [-0.2, -0.15) is 0 Å². The largest absolute Gasteiger partial charge is 0.326 e. The van der Waals surface area contributed by atoms with Gasteiger partial charge >= 0.3 is 0 Å². The maximum atomic E-state index is 5.87. The molecular formula is C16H20N2. The fraction of sp³-hybridized carbons (Fsp3) is 0.562. The average Bonchev–Trinajstić information content (AvgIpc) is 3.10. The third-order valence-electron chi connectivity index (χ3n) is 5.51. The van der Waals surface area contributed by atoms with E-state index in [0.29, 0.717) is 12.5 Å². The molecule has 0 saturated heterocycles. The molecule has 4 rings (SSSR count). The molecule has 2 bridgehead atoms. The van der Waals surface area contributed by atoms with E-state index >= 15 is 0 Å². The van der Waals surface area contributed by atoms with Crippen LogP contribution in [0, 0.1) is 23.7 Å². The highest BCUT2D eigenvalue weighted by molar-refractivity contribution is 5.28. The highest BCUT2D eigenvalue weighted by atomic mass is 14.7. The Kier molecular flexibility index (Phi) is 2.34. The summed E-state index contributed by atoms with van der Waals surface area (Å²) in [5, 5.41) is 0. The van der Waals surface area contributed by atoms with Crippen LogP contribution in [0.2, 0.25) is 0 Å². The number of fused-ring (bicyclic) bond motifs is 5. The maximum Gasteiger partial charge on any atom is 0.0482 e. The van der Waals surface area contributed by atoms with Crippen molar-refractivity contribution in [3.8, 4) is 0 Å². The molecule has 1 aromatic rings. The molecule has 0 aliphatic heterocycles. The number of hydrogen-bond donors (Lipinski definition) is 1. The molecule has 2 fully saturated rings. The van der Waals surface area contributed by atoms with E-state index in [1.807, 2.05) is 12.3 Å². The van der Waals surface area contributed by atoms with Gasteiger partial charge in [-0.3, -0.25) is 4.98 Å². The quantitative estimate of drug-likeness (QED) is 0.807. The summed E-state index contributed by atoms with van der Waals surface area (Å²) >= 11 is 0. The Morgan fingerprint density at radius 1 is 1.28 bits per heavy atom. The molecule has 0 aromatic carbocycles. The summed E-state index contributed by atoms with van der Waals surface area (Å²) in [6.07, 6.45) is 10.9. The van der Waals surface area contributed by atoms with E-state index in [1.165, 1.54) is 30.5 Å². The number of nitrogens with two attached hydrogens (primary N) is 1. The number of pyridine rings is 1. The van der Waals surface area contributed by atoms with Gasteiger partial charge in [-0.25, -0.2) is 0 Å². The Labute approximate surface area is 108 Å². The van der Waals surface area contributed by atoms with Crippen LogP contribution in [0.4, 0.5) is 0 Å². The number of aromatic nitrogens is 1. The molecule has 18 heavy (non-hydrogen) atoms. The lowest BCUT2D eigenvalue weighted by Gasteiger charge is -2.31. The van der Waals surface area contributed by atoms with E-state index in [2.05, 4.69) is 23.2 Å². The zero-order valence-corrected chi connectivity index (χ0v) is 10.6. The van der Waals surface area contributed by atoms with Gasteiger partial charge in [-0.1, -0.05) is 18.2 Å². The van der Waals surface area contributed by atoms with E-state index < -0.39 is 0 Å². The summed E-state index contributed by atoms with van der Waals surface area (Å²) in [4.78, 5) is 4.66. The van der Waals surface area contributed by atoms with Crippen LogP contribution in [0.15, 0.2) is 30.5 Å². The van der Waals surface area contributed by atoms with Crippen molar-refractivity contribution >= 4 is 0 Å². The lowest BCUT2D eigenvalue weighted by atomic mass is 9.73. The van der Waals surface area contributed by atoms with Crippen LogP contribution in [0.25, 0.3) is 0 Å². The monoisotopic (exact) mass is 240 g/mol. The molecule has 5 unspecified atom stereocenters. The van der Waals surface area contributed by atoms with Crippen LogP contribution in [-0.4, -0.2) is 4.98 Å². The molecule has 0 spiro atoms. The van der Waals surface area contributed by atoms with Crippen LogP contribution < -0.4 is 5.73 Å². The molecule has 0 radical (unpaired) electrons. The van der Waals surface area contributed by atoms with Crippen molar-refractivity contribution < 1.29 is 0 Å². The normalized spacial score (nSPS) is 40.4. The van der Waals surface area contributed by atoms with E-state index in [-0.39, 0.29) is 0 Å². The fourth-order valence-corrected chi connectivity index (χ4v) is 4.82. The second-order valence-corrected chi connectivity index (χ2v) is 6.16. The Morgan fingerprint density at radius 3 is 3.11 bits per heavy atom. The van der Waals surface area contributed by atoms with E-state index in [9.17, 15) is 0 Å². The minimum absolute atomic E-state index is 0.626. The van der Waals surface area contributed by atoms with Crippen molar-refractivity contribution in [2.24, 2.45) is 29.4 Å². The van der Waals surface area contributed by atoms with E-state index in [0.717, 1.165) is 23.7 Å². The first-order valence-corrected chi connectivity index (χ1v) is 7.19. The summed E-state index contributed by atoms with van der Waals surface area (Å²) in [7, 11) is 0. The molecular weight excluding hydrogens is 220 g/mol. The molecule has 2 nitrogen and oxygen atoms in total. The zero-order chi connectivity index (χ0) is 12.1. The van der Waals surface area contributed by atoms with Crippen LogP contribution in [0.1, 0.15) is 36.4 Å². The van der Waals surface area contributed by atoms with Crippen molar-refractivity contribution in [1.29, 1.82) is 0 Å². The molecule has 5 atom stereocenters. The highest BCUT2D eigenvalue weighted by Crippen LogP contribution is 2.61. The first-order valence-electron chi connectivity index (χ1n) is 7.19. The molecule has 3 aliphatic rings. The Balaban J connectivity index is 1.69. The van der Waals surface area contributed by atoms with Gasteiger partial charge in [0.15, 0.2) is 0 Å². The van der Waals surface area contributed by atoms with Gasteiger partial charge in [0.2, 0.25) is 0 Å². The second-order valence-electron chi connectivity index (χ2n) is 6.16. The molecule has 94 valence electrons. The maximum absolute atomic E-state index is 5.87. The Bertz CT molecular complexity index is 494. The summed E-state index contributed by atoms with van der Waals surface area (Å²) < 4.78 is 0. The smallest absolute Gasteiger partial charge is 0.0482 e. The number of nitrogens with zero attached hydrogens (tertiary/aromatic N) is 1. The predicted molar refractivity (Wildman–Crippen MR) is 71.8 cm³/mol. The van der Waals surface area contributed by atoms with Crippen molar-refractivity contribution in [3.63, 3.8) is 0 Å². The van der Waals surface area contributed by atoms with Gasteiger partial charge in [0.1, 0.15) is 0 Å². The summed E-state index contributed by atoms with van der Waals surface area (Å²) in [5.74, 6) is 4.22. The van der Waals surface area contributed by atoms with Crippen LogP contribution in [-0.2, 0) is 6.54 Å². The van der Waals surface area contributed by atoms with Gasteiger partial charge in [0.05, 0.1) is 0 Å². The first kappa shape index (κ1) is 10.7. The van der Waals surface area contributed by atoms with Crippen LogP contribution in [0.5, 0.6) is 0 Å². The first-order chi connectivity index (χ1) is 8.88. The van der Waals surface area contributed by atoms with Gasteiger partial charge in [0.25, 0.3) is 0 Å². The molecule has 2 saturated carbocycles. The number of allylic oxidation sites excluding steroid dienone is 2. The lowest BCUT2D eigenvalue weighted by Crippen LogP contribution is -2.24. The van der Waals surface area contributed by atoms with Gasteiger partial charge < -0.3 is 5.73 Å². The molecule has 0 amide bonds. The minimum Gasteiger partial charge on any atom is -0.326 e. The zero-order valence-electron chi connectivity index (χ0n) is 10.6. The van der Waals surface area contributed by atoms with Gasteiger partial charge in [0, 0.05) is 24.4 Å².